The summed E-state index contributed by atoms with van der Waals surface area (Å²) >= 11 is 0. The van der Waals surface area contributed by atoms with Gasteiger partial charge in [-0.05, 0) is 30.9 Å². The molecule has 132 valence electrons. The molecular formula is C18H21N3O4. The summed E-state index contributed by atoms with van der Waals surface area (Å²) in [6.07, 6.45) is 6.87. The van der Waals surface area contributed by atoms with E-state index in [2.05, 4.69) is 15.5 Å². The molecule has 0 bridgehead atoms. The van der Waals surface area contributed by atoms with Crippen molar-refractivity contribution in [3.05, 3.63) is 41.5 Å². The number of nitrogens with one attached hydrogen (secondary N) is 1. The van der Waals surface area contributed by atoms with Gasteiger partial charge in [-0.25, -0.2) is 4.79 Å². The van der Waals surface area contributed by atoms with Crippen molar-refractivity contribution >= 4 is 17.6 Å². The van der Waals surface area contributed by atoms with E-state index in [-0.39, 0.29) is 23.6 Å². The molecule has 7 nitrogen and oxygen atoms in total. The van der Waals surface area contributed by atoms with Crippen LogP contribution < -0.4 is 5.32 Å². The number of rotatable bonds is 6. The first kappa shape index (κ1) is 17.1. The second kappa shape index (κ2) is 7.92. The number of para-hydroxylation sites is 1. The summed E-state index contributed by atoms with van der Waals surface area (Å²) in [5.41, 5.74) is 0.299. The number of hydrogen-bond acceptors (Lipinski definition) is 5. The van der Waals surface area contributed by atoms with Gasteiger partial charge in [0.15, 0.2) is 5.82 Å². The van der Waals surface area contributed by atoms with E-state index in [1.807, 2.05) is 0 Å². The van der Waals surface area contributed by atoms with Crippen LogP contribution in [0.4, 0.5) is 5.69 Å². The van der Waals surface area contributed by atoms with E-state index in [1.54, 1.807) is 18.2 Å². The maximum atomic E-state index is 12.1. The molecule has 1 amide bonds. The third-order valence-corrected chi connectivity index (χ3v) is 4.45. The average molecular weight is 343 g/mol. The lowest BCUT2D eigenvalue weighted by Gasteiger charge is -2.19. The highest BCUT2D eigenvalue weighted by molar-refractivity contribution is 6.00. The molecule has 0 spiro atoms. The molecule has 7 heteroatoms. The first-order chi connectivity index (χ1) is 12.1. The Bertz CT molecular complexity index is 750. The van der Waals surface area contributed by atoms with Gasteiger partial charge in [0.2, 0.25) is 11.8 Å². The molecule has 2 aromatic rings. The normalized spacial score (nSPS) is 15.0. The van der Waals surface area contributed by atoms with Crippen molar-refractivity contribution in [3.63, 3.8) is 0 Å². The monoisotopic (exact) mass is 343 g/mol. The Morgan fingerprint density at radius 1 is 1.20 bits per heavy atom. The van der Waals surface area contributed by atoms with Crippen LogP contribution in [0.15, 0.2) is 28.8 Å². The van der Waals surface area contributed by atoms with E-state index in [0.29, 0.717) is 17.6 Å². The van der Waals surface area contributed by atoms with Crippen LogP contribution >= 0.6 is 0 Å². The van der Waals surface area contributed by atoms with Crippen molar-refractivity contribution in [2.75, 3.05) is 5.32 Å². The van der Waals surface area contributed by atoms with Crippen LogP contribution in [-0.4, -0.2) is 27.1 Å². The number of anilines is 1. The number of amides is 1. The Morgan fingerprint density at radius 3 is 2.72 bits per heavy atom. The predicted octanol–water partition coefficient (Wildman–Crippen LogP) is 3.07. The maximum absolute atomic E-state index is 12.1. The highest BCUT2D eigenvalue weighted by Gasteiger charge is 2.19. The first-order valence-corrected chi connectivity index (χ1v) is 8.55. The molecule has 1 aromatic carbocycles. The molecule has 1 aliphatic carbocycles. The minimum atomic E-state index is -1.09. The number of hydrogen-bond donors (Lipinski definition) is 2. The van der Waals surface area contributed by atoms with E-state index in [1.165, 1.54) is 38.2 Å². The molecule has 0 aliphatic heterocycles. The van der Waals surface area contributed by atoms with Crippen LogP contribution in [0, 0.1) is 5.92 Å². The molecule has 0 saturated heterocycles. The van der Waals surface area contributed by atoms with E-state index >= 15 is 0 Å². The molecule has 2 N–H and O–H groups in total. The highest BCUT2D eigenvalue weighted by atomic mass is 16.5. The van der Waals surface area contributed by atoms with E-state index < -0.39 is 5.97 Å². The lowest BCUT2D eigenvalue weighted by atomic mass is 9.87. The largest absolute Gasteiger partial charge is 0.478 e. The molecule has 3 rings (SSSR count). The maximum Gasteiger partial charge on any atom is 0.337 e. The van der Waals surface area contributed by atoms with Gasteiger partial charge in [-0.2, -0.15) is 4.98 Å². The number of carbonyl (C=O) groups is 2. The smallest absolute Gasteiger partial charge is 0.337 e. The van der Waals surface area contributed by atoms with Gasteiger partial charge in [-0.1, -0.05) is 36.6 Å². The fraction of sp³-hybridized carbons (Fsp3) is 0.444. The summed E-state index contributed by atoms with van der Waals surface area (Å²) in [6, 6.07) is 6.26. The average Bonchev–Trinajstić information content (AvgIpc) is 3.02. The zero-order valence-electron chi connectivity index (χ0n) is 13.9. The van der Waals surface area contributed by atoms with Crippen LogP contribution in [0.25, 0.3) is 0 Å². The van der Waals surface area contributed by atoms with Gasteiger partial charge in [0.1, 0.15) is 0 Å². The first-order valence-electron chi connectivity index (χ1n) is 8.55. The zero-order valence-corrected chi connectivity index (χ0v) is 13.9. The molecule has 0 unspecified atom stereocenters. The number of benzene rings is 1. The number of aromatic nitrogens is 2. The summed E-state index contributed by atoms with van der Waals surface area (Å²) in [5, 5.41) is 15.6. The third-order valence-electron chi connectivity index (χ3n) is 4.45. The standard InChI is InChI=1S/C18H21N3O4/c22-16(19-14-9-5-4-8-13(14)18(23)24)11-15-20-17(25-21-15)10-12-6-2-1-3-7-12/h4-5,8-9,12H,1-3,6-7,10-11H2,(H,19,22)(H,23,24). The molecule has 0 radical (unpaired) electrons. The second-order valence-corrected chi connectivity index (χ2v) is 6.39. The molecule has 1 fully saturated rings. The summed E-state index contributed by atoms with van der Waals surface area (Å²) in [4.78, 5) is 27.6. The van der Waals surface area contributed by atoms with Crippen LogP contribution in [0.3, 0.4) is 0 Å². The zero-order chi connectivity index (χ0) is 17.6. The van der Waals surface area contributed by atoms with Crippen LogP contribution in [0.5, 0.6) is 0 Å². The van der Waals surface area contributed by atoms with Gasteiger partial charge in [0.05, 0.1) is 17.7 Å². The summed E-state index contributed by atoms with van der Waals surface area (Å²) in [6.45, 7) is 0. The van der Waals surface area contributed by atoms with Crippen molar-refractivity contribution in [1.29, 1.82) is 0 Å². The number of nitrogens with zero attached hydrogens (tertiary/aromatic N) is 2. The van der Waals surface area contributed by atoms with Crippen molar-refractivity contribution in [2.24, 2.45) is 5.92 Å². The number of aromatic carboxylic acids is 1. The van der Waals surface area contributed by atoms with Crippen LogP contribution in [0.2, 0.25) is 0 Å². The van der Waals surface area contributed by atoms with Crippen molar-refractivity contribution in [3.8, 4) is 0 Å². The van der Waals surface area contributed by atoms with Crippen molar-refractivity contribution < 1.29 is 19.2 Å². The fourth-order valence-electron chi connectivity index (χ4n) is 3.20. The molecule has 1 aliphatic rings. The number of carboxylic acid groups (broad SMARTS) is 1. The fourth-order valence-corrected chi connectivity index (χ4v) is 3.20. The van der Waals surface area contributed by atoms with Gasteiger partial charge in [0, 0.05) is 6.42 Å². The lowest BCUT2D eigenvalue weighted by molar-refractivity contribution is -0.115. The molecule has 0 atom stereocenters. The highest BCUT2D eigenvalue weighted by Crippen LogP contribution is 2.26. The number of carboxylic acids is 1. The van der Waals surface area contributed by atoms with E-state index in [9.17, 15) is 9.59 Å². The molecule has 1 heterocycles. The Labute approximate surface area is 145 Å². The summed E-state index contributed by atoms with van der Waals surface area (Å²) in [5.74, 6) is -0.000910. The van der Waals surface area contributed by atoms with Gasteiger partial charge >= 0.3 is 5.97 Å². The van der Waals surface area contributed by atoms with Crippen molar-refractivity contribution in [2.45, 2.75) is 44.9 Å². The Hall–Kier alpha value is -2.70. The van der Waals surface area contributed by atoms with Gasteiger partial charge < -0.3 is 14.9 Å². The second-order valence-electron chi connectivity index (χ2n) is 6.39. The molecular weight excluding hydrogens is 322 g/mol. The summed E-state index contributed by atoms with van der Waals surface area (Å²) < 4.78 is 5.25. The molecule has 1 saturated carbocycles. The van der Waals surface area contributed by atoms with E-state index in [0.717, 1.165) is 6.42 Å². The van der Waals surface area contributed by atoms with E-state index in [4.69, 9.17) is 9.63 Å². The lowest BCUT2D eigenvalue weighted by Crippen LogP contribution is -2.17. The van der Waals surface area contributed by atoms with Gasteiger partial charge in [-0.15, -0.1) is 0 Å². The van der Waals surface area contributed by atoms with Crippen LogP contribution in [0.1, 0.15) is 54.2 Å². The molecule has 1 aromatic heterocycles. The minimum absolute atomic E-state index is 0.0435. The van der Waals surface area contributed by atoms with Crippen LogP contribution in [-0.2, 0) is 17.6 Å². The SMILES string of the molecule is O=C(Cc1noc(CC2CCCCC2)n1)Nc1ccccc1C(=O)O. The summed E-state index contributed by atoms with van der Waals surface area (Å²) in [7, 11) is 0. The third kappa shape index (κ3) is 4.65. The number of carbonyl (C=O) groups excluding carboxylic acids is 1. The van der Waals surface area contributed by atoms with Gasteiger partial charge in [0.25, 0.3) is 0 Å². The predicted molar refractivity (Wildman–Crippen MR) is 90.3 cm³/mol. The minimum Gasteiger partial charge on any atom is -0.478 e. The van der Waals surface area contributed by atoms with Gasteiger partial charge in [-0.3, -0.25) is 4.79 Å². The topological polar surface area (TPSA) is 105 Å². The Balaban J connectivity index is 1.57. The quantitative estimate of drug-likeness (QED) is 0.835. The molecule has 25 heavy (non-hydrogen) atoms. The Morgan fingerprint density at radius 2 is 1.96 bits per heavy atom. The Kier molecular flexibility index (Phi) is 5.42. The van der Waals surface area contributed by atoms with Crippen molar-refractivity contribution in [1.82, 2.24) is 10.1 Å².